The van der Waals surface area contributed by atoms with Gasteiger partial charge in [0.05, 0.1) is 14.2 Å². The van der Waals surface area contributed by atoms with Crippen LogP contribution in [0.15, 0.2) is 66.7 Å². The summed E-state index contributed by atoms with van der Waals surface area (Å²) in [6, 6.07) is 21.4. The highest BCUT2D eigenvalue weighted by Gasteiger charge is 2.34. The van der Waals surface area contributed by atoms with E-state index in [4.69, 9.17) is 14.2 Å². The van der Waals surface area contributed by atoms with Crippen molar-refractivity contribution in [2.75, 3.05) is 33.2 Å². The number of hydrogen-bond acceptors (Lipinski definition) is 6. The minimum Gasteiger partial charge on any atom is -0.497 e. The lowest BCUT2D eigenvalue weighted by Gasteiger charge is -2.31. The van der Waals surface area contributed by atoms with E-state index in [0.29, 0.717) is 6.42 Å². The number of hydrogen-bond donors (Lipinski definition) is 1. The maximum atomic E-state index is 12.4. The fourth-order valence-electron chi connectivity index (χ4n) is 4.69. The third-order valence-electron chi connectivity index (χ3n) is 6.75. The molecule has 6 heteroatoms. The lowest BCUT2D eigenvalue weighted by molar-refractivity contribution is -0.154. The third-order valence-corrected chi connectivity index (χ3v) is 6.75. The molecule has 0 bridgehead atoms. The van der Waals surface area contributed by atoms with E-state index in [2.05, 4.69) is 0 Å². The lowest BCUT2D eigenvalue weighted by Crippen LogP contribution is -2.29. The Labute approximate surface area is 233 Å². The normalized spacial score (nSPS) is 12.9. The van der Waals surface area contributed by atoms with E-state index in [1.165, 1.54) is 0 Å². The van der Waals surface area contributed by atoms with Crippen molar-refractivity contribution in [3.05, 3.63) is 89.0 Å². The standard InChI is InChI=1S/C33H43NO5/c1-32(2,3)39-31(35)12-10-8-9-11-24-23-27(17-22-30(24)38-7)33(36,26-15-20-29(37-6)21-16-26)25-13-18-28(19-14-25)34(4)5/h13-23,36H,8-12H2,1-7H3. The van der Waals surface area contributed by atoms with Gasteiger partial charge in [0.25, 0.3) is 0 Å². The summed E-state index contributed by atoms with van der Waals surface area (Å²) in [5.41, 5.74) is 2.51. The van der Waals surface area contributed by atoms with E-state index in [9.17, 15) is 9.90 Å². The molecule has 0 saturated carbocycles. The van der Waals surface area contributed by atoms with Gasteiger partial charge in [-0.2, -0.15) is 0 Å². The predicted octanol–water partition coefficient (Wildman–Crippen LogP) is 6.50. The zero-order chi connectivity index (χ0) is 28.6. The van der Waals surface area contributed by atoms with Gasteiger partial charge in [-0.15, -0.1) is 0 Å². The molecule has 3 aromatic rings. The molecule has 3 rings (SSSR count). The summed E-state index contributed by atoms with van der Waals surface area (Å²) >= 11 is 0. The van der Waals surface area contributed by atoms with Gasteiger partial charge in [-0.1, -0.05) is 36.8 Å². The maximum absolute atomic E-state index is 12.4. The van der Waals surface area contributed by atoms with Gasteiger partial charge < -0.3 is 24.2 Å². The first kappa shape index (κ1) is 30.0. The Morgan fingerprint density at radius 3 is 1.92 bits per heavy atom. The fourth-order valence-corrected chi connectivity index (χ4v) is 4.69. The van der Waals surface area contributed by atoms with Crippen molar-refractivity contribution in [2.45, 2.75) is 64.1 Å². The van der Waals surface area contributed by atoms with Crippen LogP contribution < -0.4 is 14.4 Å². The number of carbonyl (C=O) groups excluding carboxylic acids is 1. The van der Waals surface area contributed by atoms with Crippen LogP contribution in [0.5, 0.6) is 11.5 Å². The zero-order valence-electron chi connectivity index (χ0n) is 24.4. The summed E-state index contributed by atoms with van der Waals surface area (Å²) in [5, 5.41) is 12.4. The molecular formula is C33H43NO5. The molecule has 0 amide bonds. The maximum Gasteiger partial charge on any atom is 0.306 e. The topological polar surface area (TPSA) is 68.2 Å². The Morgan fingerprint density at radius 2 is 1.38 bits per heavy atom. The summed E-state index contributed by atoms with van der Waals surface area (Å²) in [5.74, 6) is 1.35. The molecule has 0 aliphatic heterocycles. The van der Waals surface area contributed by atoms with Gasteiger partial charge in [0, 0.05) is 26.2 Å². The van der Waals surface area contributed by atoms with Gasteiger partial charge in [0.2, 0.25) is 0 Å². The van der Waals surface area contributed by atoms with Crippen molar-refractivity contribution in [2.24, 2.45) is 0 Å². The van der Waals surface area contributed by atoms with Gasteiger partial charge in [-0.3, -0.25) is 4.79 Å². The van der Waals surface area contributed by atoms with Crippen LogP contribution in [0.25, 0.3) is 0 Å². The second-order valence-corrected chi connectivity index (χ2v) is 11.1. The molecule has 0 saturated heterocycles. The van der Waals surface area contributed by atoms with Crippen LogP contribution in [0.4, 0.5) is 5.69 Å². The minimum absolute atomic E-state index is 0.160. The number of aliphatic hydroxyl groups is 1. The molecule has 0 spiro atoms. The molecule has 3 aromatic carbocycles. The lowest BCUT2D eigenvalue weighted by atomic mass is 9.79. The van der Waals surface area contributed by atoms with E-state index >= 15 is 0 Å². The molecule has 1 atom stereocenters. The van der Waals surface area contributed by atoms with Crippen molar-refractivity contribution >= 4 is 11.7 Å². The molecule has 39 heavy (non-hydrogen) atoms. The number of benzene rings is 3. The molecule has 1 N–H and O–H groups in total. The first-order valence-corrected chi connectivity index (χ1v) is 13.5. The average molecular weight is 534 g/mol. The molecule has 210 valence electrons. The molecule has 0 heterocycles. The molecule has 6 nitrogen and oxygen atoms in total. The summed E-state index contributed by atoms with van der Waals surface area (Å²) in [6.45, 7) is 5.65. The molecule has 0 fully saturated rings. The number of ether oxygens (including phenoxy) is 3. The van der Waals surface area contributed by atoms with E-state index < -0.39 is 11.2 Å². The molecule has 0 aliphatic rings. The van der Waals surface area contributed by atoms with Crippen molar-refractivity contribution in [1.29, 1.82) is 0 Å². The third kappa shape index (κ3) is 7.76. The molecule has 1 unspecified atom stereocenters. The Kier molecular flexibility index (Phi) is 10.0. The molecule has 0 aliphatic carbocycles. The number of esters is 1. The predicted molar refractivity (Wildman–Crippen MR) is 157 cm³/mol. The minimum atomic E-state index is -1.38. The highest BCUT2D eigenvalue weighted by molar-refractivity contribution is 5.69. The Bertz CT molecular complexity index is 1210. The Balaban J connectivity index is 1.88. The van der Waals surface area contributed by atoms with Crippen LogP contribution >= 0.6 is 0 Å². The smallest absolute Gasteiger partial charge is 0.306 e. The number of carbonyl (C=O) groups is 1. The molecule has 0 aromatic heterocycles. The van der Waals surface area contributed by atoms with Gasteiger partial charge in [0.1, 0.15) is 22.7 Å². The monoisotopic (exact) mass is 533 g/mol. The van der Waals surface area contributed by atoms with Gasteiger partial charge >= 0.3 is 5.97 Å². The highest BCUT2D eigenvalue weighted by Crippen LogP contribution is 2.40. The molecular weight excluding hydrogens is 490 g/mol. The van der Waals surface area contributed by atoms with Crippen LogP contribution in [0, 0.1) is 0 Å². The van der Waals surface area contributed by atoms with Crippen LogP contribution in [-0.2, 0) is 21.6 Å². The number of unbranched alkanes of at least 4 members (excludes halogenated alkanes) is 2. The summed E-state index contributed by atoms with van der Waals surface area (Å²) in [4.78, 5) is 14.1. The van der Waals surface area contributed by atoms with Crippen molar-refractivity contribution in [1.82, 2.24) is 0 Å². The van der Waals surface area contributed by atoms with Crippen molar-refractivity contribution in [3.8, 4) is 11.5 Å². The summed E-state index contributed by atoms with van der Waals surface area (Å²) < 4.78 is 16.4. The zero-order valence-corrected chi connectivity index (χ0v) is 24.4. The summed E-state index contributed by atoms with van der Waals surface area (Å²) in [6.07, 6.45) is 3.73. The number of aryl methyl sites for hydroxylation is 1. The number of nitrogens with zero attached hydrogens (tertiary/aromatic N) is 1. The number of rotatable bonds is 12. The second-order valence-electron chi connectivity index (χ2n) is 11.1. The SMILES string of the molecule is COc1ccc(C(O)(c2ccc(N(C)C)cc2)c2ccc(OC)c(CCCCCC(=O)OC(C)(C)C)c2)cc1. The first-order chi connectivity index (χ1) is 18.5. The average Bonchev–Trinajstić information content (AvgIpc) is 2.91. The van der Waals surface area contributed by atoms with Crippen LogP contribution in [0.1, 0.15) is 68.7 Å². The van der Waals surface area contributed by atoms with Crippen LogP contribution in [0.2, 0.25) is 0 Å². The van der Waals surface area contributed by atoms with E-state index in [-0.39, 0.29) is 5.97 Å². The van der Waals surface area contributed by atoms with E-state index in [1.807, 2.05) is 106 Å². The van der Waals surface area contributed by atoms with Crippen molar-refractivity contribution in [3.63, 3.8) is 0 Å². The van der Waals surface area contributed by atoms with E-state index in [1.54, 1.807) is 14.2 Å². The second kappa shape index (κ2) is 13.0. The Hall–Kier alpha value is -3.51. The van der Waals surface area contributed by atoms with Gasteiger partial charge in [-0.25, -0.2) is 0 Å². The summed E-state index contributed by atoms with van der Waals surface area (Å²) in [7, 11) is 7.28. The van der Waals surface area contributed by atoms with Gasteiger partial charge in [-0.05, 0) is 98.7 Å². The number of anilines is 1. The Morgan fingerprint density at radius 1 is 0.795 bits per heavy atom. The van der Waals surface area contributed by atoms with Gasteiger partial charge in [0.15, 0.2) is 0 Å². The van der Waals surface area contributed by atoms with Crippen LogP contribution in [-0.4, -0.2) is 45.0 Å². The fraction of sp³-hybridized carbons (Fsp3) is 0.424. The number of methoxy groups -OCH3 is 2. The van der Waals surface area contributed by atoms with Crippen molar-refractivity contribution < 1.29 is 24.1 Å². The highest BCUT2D eigenvalue weighted by atomic mass is 16.6. The largest absolute Gasteiger partial charge is 0.497 e. The van der Waals surface area contributed by atoms with Crippen LogP contribution in [0.3, 0.4) is 0 Å². The molecule has 0 radical (unpaired) electrons. The quantitative estimate of drug-likeness (QED) is 0.163. The first-order valence-electron chi connectivity index (χ1n) is 13.5. The van der Waals surface area contributed by atoms with E-state index in [0.717, 1.165) is 65.1 Å².